The second-order valence-electron chi connectivity index (χ2n) is 6.58. The standard InChI is InChI=1S/C18H24N2O3/c1-12-5-6-16(13(2)8-12)20-11-14(9-17(20)21)18(22)19-10-15-4-3-7-23-15/h5-6,8,14-15H,3-4,7,9-11H2,1-2H3,(H,19,22). The van der Waals surface area contributed by atoms with Gasteiger partial charge in [0.1, 0.15) is 0 Å². The highest BCUT2D eigenvalue weighted by atomic mass is 16.5. The van der Waals surface area contributed by atoms with Crippen molar-refractivity contribution in [3.05, 3.63) is 29.3 Å². The normalized spacial score (nSPS) is 24.3. The summed E-state index contributed by atoms with van der Waals surface area (Å²) in [6.45, 7) is 5.82. The van der Waals surface area contributed by atoms with E-state index < -0.39 is 0 Å². The van der Waals surface area contributed by atoms with Gasteiger partial charge in [-0.3, -0.25) is 9.59 Å². The molecule has 2 atom stereocenters. The van der Waals surface area contributed by atoms with E-state index in [9.17, 15) is 9.59 Å². The summed E-state index contributed by atoms with van der Waals surface area (Å²) in [7, 11) is 0. The van der Waals surface area contributed by atoms with Crippen LogP contribution in [0.4, 0.5) is 5.69 Å². The highest BCUT2D eigenvalue weighted by Crippen LogP contribution is 2.28. The highest BCUT2D eigenvalue weighted by molar-refractivity contribution is 6.00. The van der Waals surface area contributed by atoms with Crippen LogP contribution in [0.3, 0.4) is 0 Å². The average Bonchev–Trinajstić information content (AvgIpc) is 3.15. The Morgan fingerprint density at radius 3 is 2.91 bits per heavy atom. The lowest BCUT2D eigenvalue weighted by Gasteiger charge is -2.19. The molecule has 0 aromatic heterocycles. The number of ether oxygens (including phenoxy) is 1. The zero-order chi connectivity index (χ0) is 16.4. The van der Waals surface area contributed by atoms with Crippen molar-refractivity contribution in [2.75, 3.05) is 24.6 Å². The third-order valence-corrected chi connectivity index (χ3v) is 4.67. The maximum Gasteiger partial charge on any atom is 0.227 e. The summed E-state index contributed by atoms with van der Waals surface area (Å²) in [5.74, 6) is -0.292. The number of aryl methyl sites for hydroxylation is 2. The molecular formula is C18H24N2O3. The van der Waals surface area contributed by atoms with Crippen LogP contribution in [0.5, 0.6) is 0 Å². The predicted molar refractivity (Wildman–Crippen MR) is 88.4 cm³/mol. The number of carbonyl (C=O) groups excluding carboxylic acids is 2. The van der Waals surface area contributed by atoms with Gasteiger partial charge in [-0.05, 0) is 38.3 Å². The number of nitrogens with zero attached hydrogens (tertiary/aromatic N) is 1. The van der Waals surface area contributed by atoms with Crippen LogP contribution in [0, 0.1) is 19.8 Å². The zero-order valence-corrected chi connectivity index (χ0v) is 13.8. The van der Waals surface area contributed by atoms with Crippen molar-refractivity contribution in [2.24, 2.45) is 5.92 Å². The number of nitrogens with one attached hydrogen (secondary N) is 1. The molecule has 2 saturated heterocycles. The Morgan fingerprint density at radius 1 is 1.39 bits per heavy atom. The number of hydrogen-bond donors (Lipinski definition) is 1. The first-order chi connectivity index (χ1) is 11.0. The highest BCUT2D eigenvalue weighted by Gasteiger charge is 2.35. The van der Waals surface area contributed by atoms with E-state index in [1.54, 1.807) is 4.90 Å². The van der Waals surface area contributed by atoms with Crippen LogP contribution in [0.15, 0.2) is 18.2 Å². The van der Waals surface area contributed by atoms with Gasteiger partial charge in [0, 0.05) is 31.8 Å². The average molecular weight is 316 g/mol. The number of hydrogen-bond acceptors (Lipinski definition) is 3. The van der Waals surface area contributed by atoms with E-state index in [2.05, 4.69) is 11.4 Å². The van der Waals surface area contributed by atoms with Gasteiger partial charge in [0.05, 0.1) is 12.0 Å². The largest absolute Gasteiger partial charge is 0.376 e. The molecule has 0 saturated carbocycles. The second kappa shape index (κ2) is 6.71. The van der Waals surface area contributed by atoms with Gasteiger partial charge in [-0.25, -0.2) is 0 Å². The molecule has 0 radical (unpaired) electrons. The summed E-state index contributed by atoms with van der Waals surface area (Å²) in [6.07, 6.45) is 2.47. The predicted octanol–water partition coefficient (Wildman–Crippen LogP) is 1.95. The molecule has 0 aliphatic carbocycles. The smallest absolute Gasteiger partial charge is 0.227 e. The third-order valence-electron chi connectivity index (χ3n) is 4.67. The van der Waals surface area contributed by atoms with Gasteiger partial charge in [-0.15, -0.1) is 0 Å². The molecule has 5 nitrogen and oxygen atoms in total. The van der Waals surface area contributed by atoms with Crippen molar-refractivity contribution in [1.29, 1.82) is 0 Å². The van der Waals surface area contributed by atoms with Gasteiger partial charge in [0.25, 0.3) is 0 Å². The fraction of sp³-hybridized carbons (Fsp3) is 0.556. The molecule has 2 aliphatic rings. The molecule has 2 amide bonds. The number of benzene rings is 1. The molecule has 2 heterocycles. The summed E-state index contributed by atoms with van der Waals surface area (Å²) >= 11 is 0. The van der Waals surface area contributed by atoms with Gasteiger partial charge in [0.15, 0.2) is 0 Å². The lowest BCUT2D eigenvalue weighted by molar-refractivity contribution is -0.126. The molecule has 1 aromatic carbocycles. The van der Waals surface area contributed by atoms with E-state index in [0.717, 1.165) is 30.7 Å². The van der Waals surface area contributed by atoms with Crippen molar-refractivity contribution in [3.63, 3.8) is 0 Å². The van der Waals surface area contributed by atoms with Gasteiger partial charge in [-0.2, -0.15) is 0 Å². The van der Waals surface area contributed by atoms with Crippen molar-refractivity contribution >= 4 is 17.5 Å². The molecule has 0 bridgehead atoms. The molecule has 1 N–H and O–H groups in total. The van der Waals surface area contributed by atoms with Crippen LogP contribution < -0.4 is 10.2 Å². The van der Waals surface area contributed by atoms with Crippen LogP contribution >= 0.6 is 0 Å². The molecule has 2 fully saturated rings. The van der Waals surface area contributed by atoms with Crippen LogP contribution in [-0.4, -0.2) is 37.6 Å². The monoisotopic (exact) mass is 316 g/mol. The Kier molecular flexibility index (Phi) is 4.66. The van der Waals surface area contributed by atoms with Crippen LogP contribution in [0.25, 0.3) is 0 Å². The first-order valence-corrected chi connectivity index (χ1v) is 8.31. The Labute approximate surface area is 137 Å². The molecule has 3 rings (SSSR count). The van der Waals surface area contributed by atoms with Crippen LogP contribution in [0.2, 0.25) is 0 Å². The molecule has 5 heteroatoms. The van der Waals surface area contributed by atoms with E-state index >= 15 is 0 Å². The number of anilines is 1. The van der Waals surface area contributed by atoms with Gasteiger partial charge >= 0.3 is 0 Å². The number of amides is 2. The molecule has 124 valence electrons. The quantitative estimate of drug-likeness (QED) is 0.924. The van der Waals surface area contributed by atoms with Crippen LogP contribution in [-0.2, 0) is 14.3 Å². The first-order valence-electron chi connectivity index (χ1n) is 8.31. The summed E-state index contributed by atoms with van der Waals surface area (Å²) < 4.78 is 5.51. The van der Waals surface area contributed by atoms with Crippen molar-refractivity contribution in [1.82, 2.24) is 5.32 Å². The third kappa shape index (κ3) is 3.55. The fourth-order valence-electron chi connectivity index (χ4n) is 3.39. The first kappa shape index (κ1) is 16.0. The summed E-state index contributed by atoms with van der Waals surface area (Å²) in [6, 6.07) is 6.03. The second-order valence-corrected chi connectivity index (χ2v) is 6.58. The SMILES string of the molecule is Cc1ccc(N2CC(C(=O)NCC3CCCO3)CC2=O)c(C)c1. The number of carbonyl (C=O) groups is 2. The van der Waals surface area contributed by atoms with E-state index in [-0.39, 0.29) is 30.3 Å². The van der Waals surface area contributed by atoms with Crippen molar-refractivity contribution in [3.8, 4) is 0 Å². The zero-order valence-electron chi connectivity index (χ0n) is 13.8. The number of rotatable bonds is 4. The van der Waals surface area contributed by atoms with E-state index in [1.165, 1.54) is 5.56 Å². The maximum absolute atomic E-state index is 12.3. The minimum Gasteiger partial charge on any atom is -0.376 e. The van der Waals surface area contributed by atoms with Crippen molar-refractivity contribution in [2.45, 2.75) is 39.2 Å². The van der Waals surface area contributed by atoms with E-state index in [0.29, 0.717) is 13.1 Å². The van der Waals surface area contributed by atoms with Crippen molar-refractivity contribution < 1.29 is 14.3 Å². The lowest BCUT2D eigenvalue weighted by atomic mass is 10.1. The molecule has 2 aliphatic heterocycles. The molecule has 0 spiro atoms. The van der Waals surface area contributed by atoms with Gasteiger partial charge in [-0.1, -0.05) is 17.7 Å². The topological polar surface area (TPSA) is 58.6 Å². The van der Waals surface area contributed by atoms with Gasteiger partial charge < -0.3 is 15.0 Å². The Morgan fingerprint density at radius 2 is 2.22 bits per heavy atom. The molecular weight excluding hydrogens is 292 g/mol. The summed E-state index contributed by atoms with van der Waals surface area (Å²) in [5.41, 5.74) is 3.15. The van der Waals surface area contributed by atoms with E-state index in [4.69, 9.17) is 4.74 Å². The lowest BCUT2D eigenvalue weighted by Crippen LogP contribution is -2.37. The maximum atomic E-state index is 12.3. The Bertz CT molecular complexity index is 608. The minimum absolute atomic E-state index is 0.0224. The summed E-state index contributed by atoms with van der Waals surface area (Å²) in [5, 5.41) is 2.94. The van der Waals surface area contributed by atoms with Gasteiger partial charge in [0.2, 0.25) is 11.8 Å². The molecule has 23 heavy (non-hydrogen) atoms. The minimum atomic E-state index is -0.274. The molecule has 1 aromatic rings. The Balaban J connectivity index is 1.61. The van der Waals surface area contributed by atoms with E-state index in [1.807, 2.05) is 26.0 Å². The summed E-state index contributed by atoms with van der Waals surface area (Å²) in [4.78, 5) is 26.4. The fourth-order valence-corrected chi connectivity index (χ4v) is 3.39. The molecule has 2 unspecified atom stereocenters. The Hall–Kier alpha value is -1.88. The van der Waals surface area contributed by atoms with Crippen LogP contribution in [0.1, 0.15) is 30.4 Å².